The van der Waals surface area contributed by atoms with Crippen LogP contribution in [0.5, 0.6) is 0 Å². The third-order valence-electron chi connectivity index (χ3n) is 3.27. The Morgan fingerprint density at radius 3 is 2.63 bits per heavy atom. The number of hydrogen-bond donors (Lipinski definition) is 1. The van der Waals surface area contributed by atoms with Gasteiger partial charge in [-0.3, -0.25) is 10.1 Å². The Balaban J connectivity index is 2.84. The fourth-order valence-electron chi connectivity index (χ4n) is 2.20. The number of nitro groups is 1. The molecule has 0 radical (unpaired) electrons. The Kier molecular flexibility index (Phi) is 6.25. The molecule has 1 atom stereocenters. The molecule has 1 rings (SSSR count). The predicted molar refractivity (Wildman–Crippen MR) is 78.7 cm³/mol. The number of halogens is 1. The van der Waals surface area contributed by atoms with Gasteiger partial charge in [0.1, 0.15) is 0 Å². The lowest BCUT2D eigenvalue weighted by Crippen LogP contribution is -2.34. The number of benzene rings is 1. The van der Waals surface area contributed by atoms with Crippen molar-refractivity contribution in [2.45, 2.75) is 39.7 Å². The summed E-state index contributed by atoms with van der Waals surface area (Å²) in [4.78, 5) is 10.6. The van der Waals surface area contributed by atoms with Gasteiger partial charge in [0, 0.05) is 17.7 Å². The van der Waals surface area contributed by atoms with Gasteiger partial charge in [0.15, 0.2) is 0 Å². The molecule has 0 aliphatic heterocycles. The SMILES string of the molecule is CCNC(CCc1c(Cl)cccc1[N+](=O)[O-])C(C)C. The van der Waals surface area contributed by atoms with Gasteiger partial charge in [0.25, 0.3) is 5.69 Å². The molecule has 0 spiro atoms. The summed E-state index contributed by atoms with van der Waals surface area (Å²) in [6, 6.07) is 5.19. The molecule has 4 nitrogen and oxygen atoms in total. The van der Waals surface area contributed by atoms with E-state index < -0.39 is 0 Å². The summed E-state index contributed by atoms with van der Waals surface area (Å²) < 4.78 is 0. The highest BCUT2D eigenvalue weighted by molar-refractivity contribution is 6.31. The lowest BCUT2D eigenvalue weighted by molar-refractivity contribution is -0.385. The van der Waals surface area contributed by atoms with Crippen LogP contribution in [0.2, 0.25) is 5.02 Å². The zero-order valence-electron chi connectivity index (χ0n) is 11.6. The van der Waals surface area contributed by atoms with Crippen LogP contribution in [0.1, 0.15) is 32.8 Å². The summed E-state index contributed by atoms with van der Waals surface area (Å²) in [5.41, 5.74) is 0.754. The first-order valence-electron chi connectivity index (χ1n) is 6.62. The second-order valence-corrected chi connectivity index (χ2v) is 5.35. The molecular weight excluding hydrogens is 264 g/mol. The Bertz CT molecular complexity index is 435. The number of nitrogens with zero attached hydrogens (tertiary/aromatic N) is 1. The van der Waals surface area contributed by atoms with E-state index >= 15 is 0 Å². The van der Waals surface area contributed by atoms with E-state index in [2.05, 4.69) is 26.1 Å². The molecule has 19 heavy (non-hydrogen) atoms. The fraction of sp³-hybridized carbons (Fsp3) is 0.571. The van der Waals surface area contributed by atoms with Gasteiger partial charge in [-0.2, -0.15) is 0 Å². The van der Waals surface area contributed by atoms with E-state index in [0.29, 0.717) is 29.0 Å². The van der Waals surface area contributed by atoms with E-state index in [4.69, 9.17) is 11.6 Å². The molecule has 1 aromatic rings. The smallest absolute Gasteiger partial charge is 0.274 e. The van der Waals surface area contributed by atoms with Crippen molar-refractivity contribution in [3.63, 3.8) is 0 Å². The normalized spacial score (nSPS) is 12.7. The van der Waals surface area contributed by atoms with Crippen LogP contribution in [0.4, 0.5) is 5.69 Å². The highest BCUT2D eigenvalue weighted by Crippen LogP contribution is 2.28. The van der Waals surface area contributed by atoms with E-state index in [1.165, 1.54) is 6.07 Å². The van der Waals surface area contributed by atoms with Crippen LogP contribution in [0.15, 0.2) is 18.2 Å². The van der Waals surface area contributed by atoms with Crippen LogP contribution >= 0.6 is 11.6 Å². The maximum Gasteiger partial charge on any atom is 0.274 e. The molecule has 0 aromatic heterocycles. The molecule has 0 bridgehead atoms. The number of nitrogens with one attached hydrogen (secondary N) is 1. The van der Waals surface area contributed by atoms with Gasteiger partial charge in [0.05, 0.1) is 9.95 Å². The lowest BCUT2D eigenvalue weighted by Gasteiger charge is -2.21. The molecule has 5 heteroatoms. The summed E-state index contributed by atoms with van der Waals surface area (Å²) in [5.74, 6) is 0.487. The highest BCUT2D eigenvalue weighted by Gasteiger charge is 2.19. The van der Waals surface area contributed by atoms with Crippen molar-refractivity contribution >= 4 is 17.3 Å². The Morgan fingerprint density at radius 1 is 1.42 bits per heavy atom. The van der Waals surface area contributed by atoms with Gasteiger partial charge < -0.3 is 5.32 Å². The monoisotopic (exact) mass is 284 g/mol. The molecule has 106 valence electrons. The lowest BCUT2D eigenvalue weighted by atomic mass is 9.96. The second-order valence-electron chi connectivity index (χ2n) is 4.94. The van der Waals surface area contributed by atoms with Gasteiger partial charge in [0.2, 0.25) is 0 Å². The van der Waals surface area contributed by atoms with Crippen LogP contribution < -0.4 is 5.32 Å². The molecule has 0 heterocycles. The van der Waals surface area contributed by atoms with Crippen molar-refractivity contribution in [1.29, 1.82) is 0 Å². The molecule has 1 N–H and O–H groups in total. The highest BCUT2D eigenvalue weighted by atomic mass is 35.5. The standard InChI is InChI=1S/C14H21ClN2O2/c1-4-16-13(10(2)3)9-8-11-12(15)6-5-7-14(11)17(18)19/h5-7,10,13,16H,4,8-9H2,1-3H3. The van der Waals surface area contributed by atoms with Gasteiger partial charge >= 0.3 is 0 Å². The van der Waals surface area contributed by atoms with E-state index in [1.54, 1.807) is 12.1 Å². The minimum Gasteiger partial charge on any atom is -0.314 e. The van der Waals surface area contributed by atoms with E-state index in [-0.39, 0.29) is 10.6 Å². The quantitative estimate of drug-likeness (QED) is 0.612. The molecule has 0 saturated heterocycles. The minimum absolute atomic E-state index is 0.117. The average molecular weight is 285 g/mol. The van der Waals surface area contributed by atoms with Crippen LogP contribution in [0.25, 0.3) is 0 Å². The maximum absolute atomic E-state index is 11.0. The third-order valence-corrected chi connectivity index (χ3v) is 3.62. The maximum atomic E-state index is 11.0. The largest absolute Gasteiger partial charge is 0.314 e. The Morgan fingerprint density at radius 2 is 2.11 bits per heavy atom. The Labute approximate surface area is 119 Å². The van der Waals surface area contributed by atoms with Gasteiger partial charge in [-0.05, 0) is 31.4 Å². The van der Waals surface area contributed by atoms with Gasteiger partial charge in [-0.25, -0.2) is 0 Å². The van der Waals surface area contributed by atoms with Crippen molar-refractivity contribution < 1.29 is 4.92 Å². The van der Waals surface area contributed by atoms with Crippen LogP contribution in [-0.2, 0) is 6.42 Å². The fourth-order valence-corrected chi connectivity index (χ4v) is 2.46. The summed E-state index contributed by atoms with van der Waals surface area (Å²) in [6.07, 6.45) is 1.46. The number of rotatable bonds is 7. The first-order chi connectivity index (χ1) is 8.97. The average Bonchev–Trinajstić information content (AvgIpc) is 2.34. The summed E-state index contributed by atoms with van der Waals surface area (Å²) >= 11 is 6.09. The summed E-state index contributed by atoms with van der Waals surface area (Å²) in [6.45, 7) is 7.25. The second kappa shape index (κ2) is 7.46. The molecule has 1 aromatic carbocycles. The Hall–Kier alpha value is -1.13. The molecule has 1 unspecified atom stereocenters. The number of nitro benzene ring substituents is 1. The van der Waals surface area contributed by atoms with E-state index in [9.17, 15) is 10.1 Å². The minimum atomic E-state index is -0.362. The molecule has 0 aliphatic rings. The van der Waals surface area contributed by atoms with Crippen LogP contribution in [-0.4, -0.2) is 17.5 Å². The van der Waals surface area contributed by atoms with Crippen molar-refractivity contribution in [3.8, 4) is 0 Å². The van der Waals surface area contributed by atoms with Crippen molar-refractivity contribution in [1.82, 2.24) is 5.32 Å². The first-order valence-corrected chi connectivity index (χ1v) is 7.00. The molecular formula is C14H21ClN2O2. The molecule has 0 fully saturated rings. The zero-order chi connectivity index (χ0) is 14.4. The van der Waals surface area contributed by atoms with Gasteiger partial charge in [-0.1, -0.05) is 38.4 Å². The zero-order valence-corrected chi connectivity index (χ0v) is 12.4. The topological polar surface area (TPSA) is 55.2 Å². The summed E-state index contributed by atoms with van der Waals surface area (Å²) in [7, 11) is 0. The van der Waals surface area contributed by atoms with Crippen molar-refractivity contribution in [2.75, 3.05) is 6.54 Å². The van der Waals surface area contributed by atoms with Crippen LogP contribution in [0, 0.1) is 16.0 Å². The molecule has 0 amide bonds. The predicted octanol–water partition coefficient (Wildman–Crippen LogP) is 3.81. The van der Waals surface area contributed by atoms with Crippen molar-refractivity contribution in [2.24, 2.45) is 5.92 Å². The molecule has 0 aliphatic carbocycles. The van der Waals surface area contributed by atoms with E-state index in [1.807, 2.05) is 0 Å². The summed E-state index contributed by atoms with van der Waals surface area (Å²) in [5, 5.41) is 14.9. The first kappa shape index (κ1) is 15.9. The third kappa shape index (κ3) is 4.48. The number of hydrogen-bond acceptors (Lipinski definition) is 3. The molecule has 0 saturated carbocycles. The van der Waals surface area contributed by atoms with Crippen molar-refractivity contribution in [3.05, 3.63) is 38.9 Å². The van der Waals surface area contributed by atoms with Crippen LogP contribution in [0.3, 0.4) is 0 Å². The van der Waals surface area contributed by atoms with Gasteiger partial charge in [-0.15, -0.1) is 0 Å². The van der Waals surface area contributed by atoms with E-state index in [0.717, 1.165) is 13.0 Å².